The molecule has 0 fully saturated rings. The smallest absolute Gasteiger partial charge is 0.328 e. The number of H-pyrrole nitrogens is 1. The maximum atomic E-state index is 14.1. The Hall–Kier alpha value is -6.21. The lowest BCUT2D eigenvalue weighted by atomic mass is 10.00. The van der Waals surface area contributed by atoms with E-state index in [9.17, 15) is 58.5 Å². The standard InChI is InChI=1S/C42H66N10O14/c1-20(2)11-25(43)35(58)47-27(12-21(3)4)36(59)45-15-33(57)46-28(13-23-14-44-26-10-8-7-9-24(23)26)37(60)52-34(22(5)6)41(64)50-31(18-55)39(62)48-29(16-53)38(61)49-30(17-54)40(63)51-32(19-56)42(65)66/h7-10,14,20-22,25,27-32,34,44,53-56H,11-13,15-19,43H2,1-6H3,(H,45,59)(H,46,57)(H,47,58)(H,48,62)(H,49,61)(H,50,64)(H,51,63)(H,52,60)(H,65,66)/t25-,27-,28-,29-,30-,31-,32-,34-/m0/s1. The quantitative estimate of drug-likeness (QED) is 0.0382. The Labute approximate surface area is 381 Å². The number of aliphatic carboxylic acids is 1. The van der Waals surface area contributed by atoms with E-state index in [1.54, 1.807) is 44.3 Å². The van der Waals surface area contributed by atoms with E-state index in [0.29, 0.717) is 12.0 Å². The van der Waals surface area contributed by atoms with Gasteiger partial charge in [0.1, 0.15) is 42.3 Å². The van der Waals surface area contributed by atoms with Gasteiger partial charge >= 0.3 is 5.97 Å². The molecule has 24 nitrogen and oxygen atoms in total. The van der Waals surface area contributed by atoms with E-state index in [0.717, 1.165) is 10.9 Å². The highest BCUT2D eigenvalue weighted by Gasteiger charge is 2.34. The fourth-order valence-corrected chi connectivity index (χ4v) is 6.50. The molecule has 1 heterocycles. The van der Waals surface area contributed by atoms with Gasteiger partial charge in [-0.2, -0.15) is 0 Å². The number of amides is 8. The molecule has 0 aliphatic rings. The van der Waals surface area contributed by atoms with E-state index in [1.807, 2.05) is 38.3 Å². The molecule has 0 saturated carbocycles. The van der Waals surface area contributed by atoms with E-state index < -0.39 is 140 Å². The maximum Gasteiger partial charge on any atom is 0.328 e. The number of aromatic nitrogens is 1. The molecule has 0 aliphatic heterocycles. The number of aliphatic hydroxyl groups is 4. The Bertz CT molecular complexity index is 1990. The molecule has 368 valence electrons. The molecule has 8 atom stereocenters. The van der Waals surface area contributed by atoms with Crippen molar-refractivity contribution in [2.24, 2.45) is 23.5 Å². The van der Waals surface area contributed by atoms with Gasteiger partial charge in [-0.1, -0.05) is 59.7 Å². The summed E-state index contributed by atoms with van der Waals surface area (Å²) in [6.45, 7) is 5.81. The summed E-state index contributed by atoms with van der Waals surface area (Å²) in [4.78, 5) is 120. The topological polar surface area (TPSA) is 393 Å². The van der Waals surface area contributed by atoms with Crippen LogP contribution in [-0.2, 0) is 49.6 Å². The van der Waals surface area contributed by atoms with Gasteiger partial charge in [-0.15, -0.1) is 0 Å². The molecule has 66 heavy (non-hydrogen) atoms. The molecule has 0 bridgehead atoms. The molecule has 2 aromatic rings. The van der Waals surface area contributed by atoms with Crippen molar-refractivity contribution in [1.82, 2.24) is 47.5 Å². The van der Waals surface area contributed by atoms with Crippen LogP contribution in [0.4, 0.5) is 0 Å². The monoisotopic (exact) mass is 934 g/mol. The van der Waals surface area contributed by atoms with Crippen LogP contribution in [0, 0.1) is 17.8 Å². The SMILES string of the molecule is CC(C)C[C@H](NC(=O)[C@@H](N)CC(C)C)C(=O)NCC(=O)N[C@@H](Cc1c[nH]c2ccccc12)C(=O)N[C@H](C(=O)N[C@@H](CO)C(=O)N[C@@H](CO)C(=O)N[C@@H](CO)C(=O)N[C@@H](CO)C(=O)O)C(C)C. The number of carbonyl (C=O) groups excluding carboxylic acids is 8. The minimum atomic E-state index is -1.83. The van der Waals surface area contributed by atoms with Gasteiger partial charge in [0.2, 0.25) is 47.3 Å². The predicted molar refractivity (Wildman–Crippen MR) is 236 cm³/mol. The zero-order valence-electron chi connectivity index (χ0n) is 37.9. The first-order valence-electron chi connectivity index (χ1n) is 21.4. The van der Waals surface area contributed by atoms with Gasteiger partial charge in [-0.3, -0.25) is 38.4 Å². The van der Waals surface area contributed by atoms with Crippen LogP contribution in [0.5, 0.6) is 0 Å². The largest absolute Gasteiger partial charge is 0.480 e. The second-order valence-corrected chi connectivity index (χ2v) is 16.9. The number of hydrogen-bond acceptors (Lipinski definition) is 14. The minimum absolute atomic E-state index is 0.0270. The summed E-state index contributed by atoms with van der Waals surface area (Å²) in [5.41, 5.74) is 7.37. The first kappa shape index (κ1) is 55.9. The normalized spacial score (nSPS) is 15.0. The molecule has 1 aromatic heterocycles. The van der Waals surface area contributed by atoms with Crippen LogP contribution in [0.3, 0.4) is 0 Å². The molecule has 2 rings (SSSR count). The van der Waals surface area contributed by atoms with Crippen molar-refractivity contribution in [3.8, 4) is 0 Å². The number of carboxylic acid groups (broad SMARTS) is 1. The van der Waals surface area contributed by atoms with Crippen LogP contribution in [0.15, 0.2) is 30.5 Å². The second kappa shape index (κ2) is 27.3. The van der Waals surface area contributed by atoms with Crippen LogP contribution in [-0.4, -0.2) is 165 Å². The summed E-state index contributed by atoms with van der Waals surface area (Å²) in [6.07, 6.45) is 2.17. The molecule has 8 amide bonds. The lowest BCUT2D eigenvalue weighted by molar-refractivity contribution is -0.143. The molecule has 0 spiro atoms. The third-order valence-electron chi connectivity index (χ3n) is 10.1. The summed E-state index contributed by atoms with van der Waals surface area (Å²) in [7, 11) is 0. The van der Waals surface area contributed by atoms with Crippen molar-refractivity contribution >= 4 is 64.1 Å². The fourth-order valence-electron chi connectivity index (χ4n) is 6.50. The number of para-hydroxylation sites is 1. The fraction of sp³-hybridized carbons (Fsp3) is 0.595. The number of aromatic amines is 1. The van der Waals surface area contributed by atoms with E-state index >= 15 is 0 Å². The van der Waals surface area contributed by atoms with E-state index in [1.165, 1.54) is 0 Å². The van der Waals surface area contributed by atoms with Crippen molar-refractivity contribution in [1.29, 1.82) is 0 Å². The van der Waals surface area contributed by atoms with Gasteiger partial charge in [0.25, 0.3) is 0 Å². The van der Waals surface area contributed by atoms with E-state index in [4.69, 9.17) is 15.9 Å². The van der Waals surface area contributed by atoms with Gasteiger partial charge in [0.05, 0.1) is 39.0 Å². The Balaban J connectivity index is 2.25. The number of benzene rings is 1. The lowest BCUT2D eigenvalue weighted by Gasteiger charge is -2.27. The van der Waals surface area contributed by atoms with Crippen LogP contribution in [0.2, 0.25) is 0 Å². The van der Waals surface area contributed by atoms with Crippen molar-refractivity contribution < 1.29 is 68.7 Å². The van der Waals surface area contributed by atoms with E-state index in [-0.39, 0.29) is 24.7 Å². The second-order valence-electron chi connectivity index (χ2n) is 16.9. The number of hydrogen-bond donors (Lipinski definition) is 15. The Morgan fingerprint density at radius 1 is 0.561 bits per heavy atom. The van der Waals surface area contributed by atoms with Gasteiger partial charge < -0.3 is 78.8 Å². The highest BCUT2D eigenvalue weighted by atomic mass is 16.4. The number of nitrogens with two attached hydrogens (primary N) is 1. The third kappa shape index (κ3) is 17.6. The first-order valence-corrected chi connectivity index (χ1v) is 21.4. The third-order valence-corrected chi connectivity index (χ3v) is 10.1. The predicted octanol–water partition coefficient (Wildman–Crippen LogP) is -4.65. The molecule has 16 N–H and O–H groups in total. The number of rotatable bonds is 28. The number of fused-ring (bicyclic) bond motifs is 1. The van der Waals surface area contributed by atoms with E-state index in [2.05, 4.69) is 36.9 Å². The zero-order valence-corrected chi connectivity index (χ0v) is 37.9. The van der Waals surface area contributed by atoms with Crippen LogP contribution in [0.1, 0.15) is 59.9 Å². The molecule has 0 radical (unpaired) electrons. The molecule has 0 aliphatic carbocycles. The zero-order chi connectivity index (χ0) is 49.8. The van der Waals surface area contributed by atoms with Gasteiger partial charge in [-0.05, 0) is 42.2 Å². The highest BCUT2D eigenvalue weighted by molar-refractivity contribution is 5.98. The maximum absolute atomic E-state index is 14.1. The van der Waals surface area contributed by atoms with Crippen LogP contribution in [0.25, 0.3) is 10.9 Å². The lowest BCUT2D eigenvalue weighted by Crippen LogP contribution is -2.62. The van der Waals surface area contributed by atoms with Crippen molar-refractivity contribution in [2.45, 2.75) is 109 Å². The molecule has 0 unspecified atom stereocenters. The summed E-state index contributed by atoms with van der Waals surface area (Å²) >= 11 is 0. The molecule has 24 heteroatoms. The van der Waals surface area contributed by atoms with Gasteiger partial charge in [0.15, 0.2) is 0 Å². The van der Waals surface area contributed by atoms with Gasteiger partial charge in [0, 0.05) is 23.5 Å². The summed E-state index contributed by atoms with van der Waals surface area (Å²) < 4.78 is 0. The van der Waals surface area contributed by atoms with Crippen molar-refractivity contribution in [2.75, 3.05) is 33.0 Å². The van der Waals surface area contributed by atoms with Crippen molar-refractivity contribution in [3.05, 3.63) is 36.0 Å². The minimum Gasteiger partial charge on any atom is -0.480 e. The number of carbonyl (C=O) groups is 9. The van der Waals surface area contributed by atoms with Crippen molar-refractivity contribution in [3.63, 3.8) is 0 Å². The van der Waals surface area contributed by atoms with Crippen LogP contribution < -0.4 is 48.3 Å². The molecule has 0 saturated heterocycles. The molecular weight excluding hydrogens is 869 g/mol. The first-order chi connectivity index (χ1) is 31.1. The Morgan fingerprint density at radius 2 is 1.03 bits per heavy atom. The summed E-state index contributed by atoms with van der Waals surface area (Å²) in [6, 6.07) is -4.64. The highest BCUT2D eigenvalue weighted by Crippen LogP contribution is 2.19. The Kier molecular flexibility index (Phi) is 23.1. The van der Waals surface area contributed by atoms with Crippen LogP contribution >= 0.6 is 0 Å². The molecule has 1 aromatic carbocycles. The molecular formula is C42H66N10O14. The Morgan fingerprint density at radius 3 is 1.52 bits per heavy atom. The average Bonchev–Trinajstić information content (AvgIpc) is 3.67. The van der Waals surface area contributed by atoms with Gasteiger partial charge in [-0.25, -0.2) is 4.79 Å². The number of aliphatic hydroxyl groups excluding tert-OH is 4. The number of carboxylic acids is 1. The summed E-state index contributed by atoms with van der Waals surface area (Å²) in [5, 5.41) is 67.1. The number of nitrogens with one attached hydrogen (secondary N) is 9. The average molecular weight is 935 g/mol. The summed E-state index contributed by atoms with van der Waals surface area (Å²) in [5.74, 6) is -9.65.